The van der Waals surface area contributed by atoms with E-state index >= 15 is 0 Å². The SMILES string of the molecule is CCC(C)C(=O)Oc1ccc2c(O)cccc2c1. The van der Waals surface area contributed by atoms with Gasteiger partial charge in [0.05, 0.1) is 5.92 Å². The maximum atomic E-state index is 11.7. The molecule has 0 saturated carbocycles. The lowest BCUT2D eigenvalue weighted by molar-refractivity contribution is -0.138. The topological polar surface area (TPSA) is 46.5 Å². The number of esters is 1. The van der Waals surface area contributed by atoms with Gasteiger partial charge in [-0.1, -0.05) is 26.0 Å². The van der Waals surface area contributed by atoms with Gasteiger partial charge in [-0.15, -0.1) is 0 Å². The van der Waals surface area contributed by atoms with Gasteiger partial charge >= 0.3 is 5.97 Å². The summed E-state index contributed by atoms with van der Waals surface area (Å²) in [7, 11) is 0. The van der Waals surface area contributed by atoms with Crippen LogP contribution in [0.3, 0.4) is 0 Å². The smallest absolute Gasteiger partial charge is 0.314 e. The van der Waals surface area contributed by atoms with Crippen LogP contribution in [0, 0.1) is 5.92 Å². The number of ether oxygens (including phenoxy) is 1. The standard InChI is InChI=1S/C15H16O3/c1-3-10(2)15(17)18-12-7-8-13-11(9-12)5-4-6-14(13)16/h4-10,16H,3H2,1-2H3. The molecule has 2 rings (SSSR count). The molecule has 0 aliphatic rings. The van der Waals surface area contributed by atoms with E-state index in [1.165, 1.54) is 0 Å². The summed E-state index contributed by atoms with van der Waals surface area (Å²) in [5.41, 5.74) is 0. The average molecular weight is 244 g/mol. The second-order valence-electron chi connectivity index (χ2n) is 4.39. The van der Waals surface area contributed by atoms with Crippen LogP contribution < -0.4 is 4.74 Å². The molecule has 0 saturated heterocycles. The highest BCUT2D eigenvalue weighted by atomic mass is 16.5. The molecule has 0 amide bonds. The lowest BCUT2D eigenvalue weighted by atomic mass is 10.1. The van der Waals surface area contributed by atoms with Crippen LogP contribution >= 0.6 is 0 Å². The molecule has 0 spiro atoms. The quantitative estimate of drug-likeness (QED) is 0.664. The zero-order valence-electron chi connectivity index (χ0n) is 10.5. The van der Waals surface area contributed by atoms with Crippen molar-refractivity contribution in [3.8, 4) is 11.5 Å². The van der Waals surface area contributed by atoms with Crippen LogP contribution in [-0.2, 0) is 4.79 Å². The molecule has 2 aromatic rings. The zero-order chi connectivity index (χ0) is 13.1. The number of hydrogen-bond donors (Lipinski definition) is 1. The fourth-order valence-corrected chi connectivity index (χ4v) is 1.69. The summed E-state index contributed by atoms with van der Waals surface area (Å²) in [6, 6.07) is 10.5. The summed E-state index contributed by atoms with van der Waals surface area (Å²) in [6.07, 6.45) is 0.757. The summed E-state index contributed by atoms with van der Waals surface area (Å²) >= 11 is 0. The molecule has 1 unspecified atom stereocenters. The molecule has 94 valence electrons. The van der Waals surface area contributed by atoms with Crippen LogP contribution in [0.5, 0.6) is 11.5 Å². The predicted octanol–water partition coefficient (Wildman–Crippen LogP) is 3.50. The first-order valence-electron chi connectivity index (χ1n) is 6.05. The number of fused-ring (bicyclic) bond motifs is 1. The molecule has 2 aromatic carbocycles. The first-order chi connectivity index (χ1) is 8.61. The lowest BCUT2D eigenvalue weighted by Gasteiger charge is -2.09. The van der Waals surface area contributed by atoms with Gasteiger partial charge in [-0.05, 0) is 36.1 Å². The van der Waals surface area contributed by atoms with Gasteiger partial charge in [0.1, 0.15) is 11.5 Å². The highest BCUT2D eigenvalue weighted by Gasteiger charge is 2.13. The highest BCUT2D eigenvalue weighted by Crippen LogP contribution is 2.28. The second-order valence-corrected chi connectivity index (χ2v) is 4.39. The summed E-state index contributed by atoms with van der Waals surface area (Å²) < 4.78 is 5.29. The van der Waals surface area contributed by atoms with Crippen molar-refractivity contribution >= 4 is 16.7 Å². The van der Waals surface area contributed by atoms with Crippen LogP contribution in [0.2, 0.25) is 0 Å². The maximum absolute atomic E-state index is 11.7. The van der Waals surface area contributed by atoms with Crippen LogP contribution in [0.1, 0.15) is 20.3 Å². The molecule has 3 nitrogen and oxygen atoms in total. The zero-order valence-corrected chi connectivity index (χ0v) is 10.5. The molecule has 0 fully saturated rings. The molecule has 0 radical (unpaired) electrons. The summed E-state index contributed by atoms with van der Waals surface area (Å²) in [4.78, 5) is 11.7. The summed E-state index contributed by atoms with van der Waals surface area (Å²) in [5, 5.41) is 11.3. The first-order valence-corrected chi connectivity index (χ1v) is 6.05. The van der Waals surface area contributed by atoms with E-state index < -0.39 is 0 Å². The van der Waals surface area contributed by atoms with E-state index in [2.05, 4.69) is 0 Å². The van der Waals surface area contributed by atoms with E-state index in [1.54, 1.807) is 30.3 Å². The van der Waals surface area contributed by atoms with Crippen LogP contribution in [0.15, 0.2) is 36.4 Å². The van der Waals surface area contributed by atoms with Gasteiger partial charge in [0.2, 0.25) is 0 Å². The molecule has 1 atom stereocenters. The largest absolute Gasteiger partial charge is 0.507 e. The van der Waals surface area contributed by atoms with E-state index in [0.29, 0.717) is 5.75 Å². The normalized spacial score (nSPS) is 12.3. The van der Waals surface area contributed by atoms with Crippen molar-refractivity contribution in [1.82, 2.24) is 0 Å². The van der Waals surface area contributed by atoms with Crippen molar-refractivity contribution in [2.45, 2.75) is 20.3 Å². The van der Waals surface area contributed by atoms with E-state index in [0.717, 1.165) is 17.2 Å². The summed E-state index contributed by atoms with van der Waals surface area (Å²) in [5.74, 6) is 0.410. The third-order valence-electron chi connectivity index (χ3n) is 3.06. The Labute approximate surface area is 106 Å². The van der Waals surface area contributed by atoms with Crippen molar-refractivity contribution in [2.24, 2.45) is 5.92 Å². The van der Waals surface area contributed by atoms with Crippen molar-refractivity contribution in [1.29, 1.82) is 0 Å². The molecule has 0 aromatic heterocycles. The Bertz CT molecular complexity index is 575. The Hall–Kier alpha value is -2.03. The minimum atomic E-state index is -0.225. The Morgan fingerprint density at radius 3 is 2.83 bits per heavy atom. The average Bonchev–Trinajstić information content (AvgIpc) is 2.38. The minimum absolute atomic E-state index is 0.107. The van der Waals surface area contributed by atoms with Gasteiger partial charge in [-0.2, -0.15) is 0 Å². The van der Waals surface area contributed by atoms with Crippen molar-refractivity contribution in [2.75, 3.05) is 0 Å². The van der Waals surface area contributed by atoms with E-state index in [1.807, 2.05) is 19.9 Å². The van der Waals surface area contributed by atoms with Crippen molar-refractivity contribution < 1.29 is 14.6 Å². The van der Waals surface area contributed by atoms with E-state index in [9.17, 15) is 9.90 Å². The third kappa shape index (κ3) is 2.45. The number of phenols is 1. The maximum Gasteiger partial charge on any atom is 0.314 e. The second kappa shape index (κ2) is 5.08. The molecule has 0 heterocycles. The Balaban J connectivity index is 2.28. The van der Waals surface area contributed by atoms with Gasteiger partial charge in [-0.3, -0.25) is 4.79 Å². The van der Waals surface area contributed by atoms with Crippen LogP contribution in [0.4, 0.5) is 0 Å². The molecule has 0 aliphatic heterocycles. The fourth-order valence-electron chi connectivity index (χ4n) is 1.69. The Morgan fingerprint density at radius 2 is 2.11 bits per heavy atom. The third-order valence-corrected chi connectivity index (χ3v) is 3.06. The molecule has 1 N–H and O–H groups in total. The molecule has 0 aliphatic carbocycles. The molecular weight excluding hydrogens is 228 g/mol. The van der Waals surface area contributed by atoms with Gasteiger partial charge < -0.3 is 9.84 Å². The van der Waals surface area contributed by atoms with Crippen molar-refractivity contribution in [3.63, 3.8) is 0 Å². The van der Waals surface area contributed by atoms with Gasteiger partial charge in [0.15, 0.2) is 0 Å². The monoisotopic (exact) mass is 244 g/mol. The number of benzene rings is 2. The predicted molar refractivity (Wildman–Crippen MR) is 70.7 cm³/mol. The first kappa shape index (κ1) is 12.4. The number of rotatable bonds is 3. The molecule has 3 heteroatoms. The highest BCUT2D eigenvalue weighted by molar-refractivity contribution is 5.89. The number of hydrogen-bond acceptors (Lipinski definition) is 3. The molecule has 0 bridgehead atoms. The Kier molecular flexibility index (Phi) is 3.51. The number of aromatic hydroxyl groups is 1. The number of phenolic OH excluding ortho intramolecular Hbond substituents is 1. The molecular formula is C15H16O3. The Morgan fingerprint density at radius 1 is 1.33 bits per heavy atom. The lowest BCUT2D eigenvalue weighted by Crippen LogP contribution is -2.16. The van der Waals surface area contributed by atoms with E-state index in [4.69, 9.17) is 4.74 Å². The van der Waals surface area contributed by atoms with Gasteiger partial charge in [0, 0.05) is 5.39 Å². The van der Waals surface area contributed by atoms with Crippen LogP contribution in [0.25, 0.3) is 10.8 Å². The minimum Gasteiger partial charge on any atom is -0.507 e. The van der Waals surface area contributed by atoms with Crippen LogP contribution in [-0.4, -0.2) is 11.1 Å². The molecule has 18 heavy (non-hydrogen) atoms. The van der Waals surface area contributed by atoms with Gasteiger partial charge in [0.25, 0.3) is 0 Å². The number of carbonyl (C=O) groups excluding carboxylic acids is 1. The summed E-state index contributed by atoms with van der Waals surface area (Å²) in [6.45, 7) is 3.79. The van der Waals surface area contributed by atoms with E-state index in [-0.39, 0.29) is 17.6 Å². The fraction of sp³-hybridized carbons (Fsp3) is 0.267. The van der Waals surface area contributed by atoms with Crippen molar-refractivity contribution in [3.05, 3.63) is 36.4 Å². The van der Waals surface area contributed by atoms with Gasteiger partial charge in [-0.25, -0.2) is 0 Å². The number of carbonyl (C=O) groups is 1.